The monoisotopic (exact) mass is 379 g/mol. The van der Waals surface area contributed by atoms with E-state index in [1.165, 1.54) is 23.6 Å². The Hall–Kier alpha value is -1.60. The first-order valence-corrected chi connectivity index (χ1v) is 11.2. The van der Waals surface area contributed by atoms with Gasteiger partial charge in [-0.05, 0) is 55.9 Å². The fourth-order valence-electron chi connectivity index (χ4n) is 4.14. The highest BCUT2D eigenvalue weighted by atomic mass is 32.2. The Kier molecular flexibility index (Phi) is 5.87. The van der Waals surface area contributed by atoms with Crippen LogP contribution in [0.3, 0.4) is 0 Å². The summed E-state index contributed by atoms with van der Waals surface area (Å²) in [7, 11) is -3.21. The van der Waals surface area contributed by atoms with Crippen molar-refractivity contribution in [2.24, 2.45) is 11.7 Å². The van der Waals surface area contributed by atoms with Crippen LogP contribution in [0.5, 0.6) is 0 Å². The van der Waals surface area contributed by atoms with Crippen molar-refractivity contribution in [2.45, 2.75) is 51.5 Å². The Labute approximate surface area is 156 Å². The van der Waals surface area contributed by atoms with Gasteiger partial charge in [-0.2, -0.15) is 0 Å². The number of nitrogens with one attached hydrogen (secondary N) is 1. The van der Waals surface area contributed by atoms with Crippen LogP contribution in [0.1, 0.15) is 54.4 Å². The second-order valence-corrected chi connectivity index (χ2v) is 9.47. The number of aryl methyl sites for hydroxylation is 1. The van der Waals surface area contributed by atoms with E-state index in [2.05, 4.69) is 5.32 Å². The smallest absolute Gasteiger partial charge is 0.251 e. The SMILES string of the molecule is Cc1cc(N2CCCS2(=O)=O)ccc1C(=O)NC(CN)C1CCCCC1. The Morgan fingerprint density at radius 3 is 2.58 bits per heavy atom. The molecule has 7 heteroatoms. The van der Waals surface area contributed by atoms with Gasteiger partial charge in [0.15, 0.2) is 0 Å². The van der Waals surface area contributed by atoms with Crippen molar-refractivity contribution in [3.8, 4) is 0 Å². The van der Waals surface area contributed by atoms with Crippen LogP contribution in [0.25, 0.3) is 0 Å². The first-order chi connectivity index (χ1) is 12.4. The highest BCUT2D eigenvalue weighted by Crippen LogP contribution is 2.28. The number of carbonyl (C=O) groups is 1. The minimum absolute atomic E-state index is 0.000774. The van der Waals surface area contributed by atoms with Crippen LogP contribution in [-0.2, 0) is 10.0 Å². The number of benzene rings is 1. The van der Waals surface area contributed by atoms with E-state index in [0.29, 0.717) is 36.7 Å². The maximum Gasteiger partial charge on any atom is 0.251 e. The zero-order valence-electron chi connectivity index (χ0n) is 15.4. The van der Waals surface area contributed by atoms with E-state index in [4.69, 9.17) is 5.73 Å². The summed E-state index contributed by atoms with van der Waals surface area (Å²) >= 11 is 0. The summed E-state index contributed by atoms with van der Waals surface area (Å²) < 4.78 is 25.6. The molecule has 3 N–H and O–H groups in total. The Bertz CT molecular complexity index is 757. The molecule has 1 saturated heterocycles. The number of nitrogens with two attached hydrogens (primary N) is 1. The van der Waals surface area contributed by atoms with Gasteiger partial charge in [0.1, 0.15) is 0 Å². The molecule has 1 aromatic rings. The van der Waals surface area contributed by atoms with Crippen LogP contribution in [0.15, 0.2) is 18.2 Å². The summed E-state index contributed by atoms with van der Waals surface area (Å²) in [5.41, 5.74) is 7.92. The molecular weight excluding hydrogens is 350 g/mol. The third-order valence-electron chi connectivity index (χ3n) is 5.63. The molecule has 6 nitrogen and oxygen atoms in total. The maximum atomic E-state index is 12.7. The molecule has 1 aliphatic carbocycles. The first-order valence-electron chi connectivity index (χ1n) is 9.54. The van der Waals surface area contributed by atoms with Gasteiger partial charge in [-0.1, -0.05) is 19.3 Å². The molecule has 0 spiro atoms. The highest BCUT2D eigenvalue weighted by Gasteiger charge is 2.29. The summed E-state index contributed by atoms with van der Waals surface area (Å²) in [5.74, 6) is 0.514. The second kappa shape index (κ2) is 7.96. The molecule has 144 valence electrons. The lowest BCUT2D eigenvalue weighted by atomic mass is 9.83. The summed E-state index contributed by atoms with van der Waals surface area (Å²) in [4.78, 5) is 12.7. The van der Waals surface area contributed by atoms with Crippen molar-refractivity contribution in [2.75, 3.05) is 23.1 Å². The fourth-order valence-corrected chi connectivity index (χ4v) is 5.70. The third-order valence-corrected chi connectivity index (χ3v) is 7.50. The molecule has 0 radical (unpaired) electrons. The largest absolute Gasteiger partial charge is 0.348 e. The predicted octanol–water partition coefficient (Wildman–Crippen LogP) is 2.17. The molecule has 1 saturated carbocycles. The van der Waals surface area contributed by atoms with E-state index in [0.717, 1.165) is 18.4 Å². The van der Waals surface area contributed by atoms with Gasteiger partial charge in [-0.3, -0.25) is 9.10 Å². The molecule has 1 heterocycles. The fraction of sp³-hybridized carbons (Fsp3) is 0.632. The Balaban J connectivity index is 1.73. The minimum Gasteiger partial charge on any atom is -0.348 e. The van der Waals surface area contributed by atoms with Crippen LogP contribution in [0, 0.1) is 12.8 Å². The average Bonchev–Trinajstić information content (AvgIpc) is 2.99. The number of amides is 1. The standard InChI is InChI=1S/C19H29N3O3S/c1-14-12-16(22-10-5-11-26(22,24)25)8-9-17(14)19(23)21-18(13-20)15-6-3-2-4-7-15/h8-9,12,15,18H,2-7,10-11,13,20H2,1H3,(H,21,23). The molecule has 1 aliphatic heterocycles. The predicted molar refractivity (Wildman–Crippen MR) is 104 cm³/mol. The summed E-state index contributed by atoms with van der Waals surface area (Å²) in [6, 6.07) is 5.24. The summed E-state index contributed by atoms with van der Waals surface area (Å²) in [5, 5.41) is 3.10. The van der Waals surface area contributed by atoms with Crippen molar-refractivity contribution in [3.05, 3.63) is 29.3 Å². The van der Waals surface area contributed by atoms with Crippen molar-refractivity contribution in [1.82, 2.24) is 5.32 Å². The van der Waals surface area contributed by atoms with E-state index in [1.807, 2.05) is 6.92 Å². The van der Waals surface area contributed by atoms with Gasteiger partial charge in [0.2, 0.25) is 10.0 Å². The van der Waals surface area contributed by atoms with Gasteiger partial charge in [-0.25, -0.2) is 8.42 Å². The van der Waals surface area contributed by atoms with Gasteiger partial charge >= 0.3 is 0 Å². The quantitative estimate of drug-likeness (QED) is 0.820. The van der Waals surface area contributed by atoms with Crippen molar-refractivity contribution in [3.63, 3.8) is 0 Å². The van der Waals surface area contributed by atoms with Gasteiger partial charge < -0.3 is 11.1 Å². The van der Waals surface area contributed by atoms with Crippen LogP contribution in [0.2, 0.25) is 0 Å². The molecule has 3 rings (SSSR count). The molecule has 1 unspecified atom stereocenters. The van der Waals surface area contributed by atoms with Crippen LogP contribution < -0.4 is 15.4 Å². The molecule has 0 bridgehead atoms. The zero-order chi connectivity index (χ0) is 18.7. The summed E-state index contributed by atoms with van der Waals surface area (Å²) in [6.45, 7) is 2.79. The van der Waals surface area contributed by atoms with Crippen LogP contribution in [0.4, 0.5) is 5.69 Å². The van der Waals surface area contributed by atoms with E-state index in [-0.39, 0.29) is 17.7 Å². The molecule has 1 aromatic carbocycles. The normalized spacial score (nSPS) is 21.5. The number of rotatable bonds is 5. The molecular formula is C19H29N3O3S. The van der Waals surface area contributed by atoms with Crippen LogP contribution in [-0.4, -0.2) is 39.2 Å². The van der Waals surface area contributed by atoms with Gasteiger partial charge in [-0.15, -0.1) is 0 Å². The summed E-state index contributed by atoms with van der Waals surface area (Å²) in [6.07, 6.45) is 6.55. The maximum absolute atomic E-state index is 12.7. The lowest BCUT2D eigenvalue weighted by Gasteiger charge is -2.30. The number of hydrogen-bond donors (Lipinski definition) is 2. The highest BCUT2D eigenvalue weighted by molar-refractivity contribution is 7.93. The van der Waals surface area contributed by atoms with E-state index >= 15 is 0 Å². The molecule has 26 heavy (non-hydrogen) atoms. The van der Waals surface area contributed by atoms with Gasteiger partial charge in [0.25, 0.3) is 5.91 Å². The molecule has 2 aliphatic rings. The zero-order valence-corrected chi connectivity index (χ0v) is 16.2. The first kappa shape index (κ1) is 19.2. The lowest BCUT2D eigenvalue weighted by Crippen LogP contribution is -2.46. The van der Waals surface area contributed by atoms with E-state index in [1.54, 1.807) is 18.2 Å². The van der Waals surface area contributed by atoms with Crippen molar-refractivity contribution in [1.29, 1.82) is 0 Å². The van der Waals surface area contributed by atoms with Gasteiger partial charge in [0.05, 0.1) is 11.4 Å². The van der Waals surface area contributed by atoms with Crippen molar-refractivity contribution >= 4 is 21.6 Å². The topological polar surface area (TPSA) is 92.5 Å². The van der Waals surface area contributed by atoms with E-state index in [9.17, 15) is 13.2 Å². The van der Waals surface area contributed by atoms with Crippen LogP contribution >= 0.6 is 0 Å². The molecule has 0 aromatic heterocycles. The minimum atomic E-state index is -3.21. The Morgan fingerprint density at radius 1 is 1.27 bits per heavy atom. The third kappa shape index (κ3) is 4.04. The molecule has 1 atom stereocenters. The number of hydrogen-bond acceptors (Lipinski definition) is 4. The van der Waals surface area contributed by atoms with Gasteiger partial charge in [0, 0.05) is 24.7 Å². The second-order valence-electron chi connectivity index (χ2n) is 7.45. The Morgan fingerprint density at radius 2 is 2.00 bits per heavy atom. The van der Waals surface area contributed by atoms with Crippen molar-refractivity contribution < 1.29 is 13.2 Å². The molecule has 1 amide bonds. The average molecular weight is 380 g/mol. The number of sulfonamides is 1. The number of nitrogens with zero attached hydrogens (tertiary/aromatic N) is 1. The number of carbonyl (C=O) groups excluding carboxylic acids is 1. The van der Waals surface area contributed by atoms with E-state index < -0.39 is 10.0 Å². The lowest BCUT2D eigenvalue weighted by molar-refractivity contribution is 0.0915. The number of anilines is 1. The molecule has 2 fully saturated rings.